The van der Waals surface area contributed by atoms with Crippen LogP contribution in [-0.2, 0) is 9.59 Å². The highest BCUT2D eigenvalue weighted by Gasteiger charge is 2.49. The summed E-state index contributed by atoms with van der Waals surface area (Å²) in [6, 6.07) is 16.0. The molecule has 1 saturated heterocycles. The van der Waals surface area contributed by atoms with Crippen LogP contribution in [0.5, 0.6) is 23.0 Å². The molecule has 1 N–H and O–H groups in total. The molecule has 1 amide bonds. The van der Waals surface area contributed by atoms with E-state index < -0.39 is 17.7 Å². The van der Waals surface area contributed by atoms with E-state index in [9.17, 15) is 14.7 Å². The van der Waals surface area contributed by atoms with Crippen molar-refractivity contribution < 1.29 is 33.6 Å². The SMILES string of the molecule is COc1ccc(C(O)=C2C(=O)C(=O)N(c3nc4ccc(OC)cc4s3)[C@H]2c2cccc(OC)c2OC)cc1. The Kier molecular flexibility index (Phi) is 6.64. The maximum absolute atomic E-state index is 13.6. The van der Waals surface area contributed by atoms with E-state index in [1.807, 2.05) is 6.07 Å². The van der Waals surface area contributed by atoms with Crippen LogP contribution in [-0.4, -0.2) is 50.2 Å². The number of carbonyl (C=O) groups excluding carboxylic acids is 2. The molecule has 1 aliphatic rings. The van der Waals surface area contributed by atoms with Crippen molar-refractivity contribution in [3.8, 4) is 23.0 Å². The summed E-state index contributed by atoms with van der Waals surface area (Å²) in [6.45, 7) is 0. The Bertz CT molecular complexity index is 1580. The number of hydrogen-bond acceptors (Lipinski definition) is 9. The molecule has 3 aromatic carbocycles. The van der Waals surface area contributed by atoms with Crippen molar-refractivity contribution in [2.45, 2.75) is 6.04 Å². The van der Waals surface area contributed by atoms with E-state index in [0.717, 1.165) is 4.70 Å². The lowest BCUT2D eigenvalue weighted by molar-refractivity contribution is -0.132. The maximum Gasteiger partial charge on any atom is 0.301 e. The predicted molar refractivity (Wildman–Crippen MR) is 143 cm³/mol. The summed E-state index contributed by atoms with van der Waals surface area (Å²) >= 11 is 1.24. The number of para-hydroxylation sites is 1. The fourth-order valence-corrected chi connectivity index (χ4v) is 5.50. The van der Waals surface area contributed by atoms with Crippen LogP contribution >= 0.6 is 11.3 Å². The zero-order chi connectivity index (χ0) is 27.0. The van der Waals surface area contributed by atoms with Gasteiger partial charge in [-0.1, -0.05) is 23.5 Å². The van der Waals surface area contributed by atoms with Gasteiger partial charge in [0.15, 0.2) is 16.6 Å². The smallest absolute Gasteiger partial charge is 0.301 e. The zero-order valence-electron chi connectivity index (χ0n) is 21.1. The lowest BCUT2D eigenvalue weighted by atomic mass is 9.94. The summed E-state index contributed by atoms with van der Waals surface area (Å²) in [7, 11) is 6.07. The van der Waals surface area contributed by atoms with Gasteiger partial charge in [-0.3, -0.25) is 14.5 Å². The van der Waals surface area contributed by atoms with E-state index in [1.165, 1.54) is 37.6 Å². The predicted octanol–water partition coefficient (Wildman–Crippen LogP) is 4.96. The maximum atomic E-state index is 13.6. The van der Waals surface area contributed by atoms with Gasteiger partial charge in [0.2, 0.25) is 0 Å². The van der Waals surface area contributed by atoms with Crippen molar-refractivity contribution >= 4 is 44.1 Å². The van der Waals surface area contributed by atoms with Gasteiger partial charge in [0.05, 0.1) is 44.2 Å². The van der Waals surface area contributed by atoms with Crippen LogP contribution in [0.2, 0.25) is 0 Å². The average molecular weight is 533 g/mol. The highest BCUT2D eigenvalue weighted by atomic mass is 32.1. The Morgan fingerprint density at radius 1 is 0.895 bits per heavy atom. The number of aliphatic hydroxyl groups is 1. The molecule has 9 nitrogen and oxygen atoms in total. The third kappa shape index (κ3) is 4.08. The van der Waals surface area contributed by atoms with Gasteiger partial charge in [-0.2, -0.15) is 0 Å². The highest BCUT2D eigenvalue weighted by Crippen LogP contribution is 2.48. The minimum absolute atomic E-state index is 0.0939. The van der Waals surface area contributed by atoms with E-state index in [-0.39, 0.29) is 11.3 Å². The van der Waals surface area contributed by atoms with Gasteiger partial charge in [-0.05, 0) is 48.5 Å². The summed E-state index contributed by atoms with van der Waals surface area (Å²) in [6.07, 6.45) is 0. The number of hydrogen-bond donors (Lipinski definition) is 1. The minimum Gasteiger partial charge on any atom is -0.507 e. The molecule has 1 aliphatic heterocycles. The number of benzene rings is 3. The molecule has 2 heterocycles. The molecule has 194 valence electrons. The summed E-state index contributed by atoms with van der Waals surface area (Å²) in [5.74, 6) is -0.0280. The molecule has 10 heteroatoms. The topological polar surface area (TPSA) is 107 Å². The normalized spacial score (nSPS) is 16.6. The zero-order valence-corrected chi connectivity index (χ0v) is 21.9. The van der Waals surface area contributed by atoms with Gasteiger partial charge in [0.25, 0.3) is 5.78 Å². The number of ether oxygens (including phenoxy) is 4. The van der Waals surface area contributed by atoms with Gasteiger partial charge in [-0.25, -0.2) is 4.98 Å². The second-order valence-corrected chi connectivity index (χ2v) is 9.32. The van der Waals surface area contributed by atoms with Crippen molar-refractivity contribution in [3.05, 3.63) is 77.4 Å². The molecule has 0 aliphatic carbocycles. The molecule has 0 radical (unpaired) electrons. The van der Waals surface area contributed by atoms with Crippen LogP contribution in [0.3, 0.4) is 0 Å². The molecule has 1 aromatic heterocycles. The fourth-order valence-electron chi connectivity index (χ4n) is 4.48. The monoisotopic (exact) mass is 532 g/mol. The molecule has 0 unspecified atom stereocenters. The van der Waals surface area contributed by atoms with E-state index >= 15 is 0 Å². The van der Waals surface area contributed by atoms with Gasteiger partial charge >= 0.3 is 5.91 Å². The average Bonchev–Trinajstić information content (AvgIpc) is 3.49. The summed E-state index contributed by atoms with van der Waals surface area (Å²) in [5.41, 5.74) is 1.35. The minimum atomic E-state index is -1.04. The molecule has 1 atom stereocenters. The molecular weight excluding hydrogens is 508 g/mol. The lowest BCUT2D eigenvalue weighted by Crippen LogP contribution is -2.29. The summed E-state index contributed by atoms with van der Waals surface area (Å²) in [5, 5.41) is 11.7. The van der Waals surface area contributed by atoms with Crippen molar-refractivity contribution in [2.24, 2.45) is 0 Å². The van der Waals surface area contributed by atoms with Crippen LogP contribution in [0.25, 0.3) is 16.0 Å². The number of thiazole rings is 1. The van der Waals surface area contributed by atoms with E-state index in [4.69, 9.17) is 18.9 Å². The molecule has 0 spiro atoms. The molecule has 5 rings (SSSR count). The highest BCUT2D eigenvalue weighted by molar-refractivity contribution is 7.22. The van der Waals surface area contributed by atoms with Crippen LogP contribution in [0.4, 0.5) is 5.13 Å². The van der Waals surface area contributed by atoms with Gasteiger partial charge in [-0.15, -0.1) is 0 Å². The van der Waals surface area contributed by atoms with Crippen LogP contribution < -0.4 is 23.8 Å². The molecule has 4 aromatic rings. The van der Waals surface area contributed by atoms with Crippen molar-refractivity contribution in [3.63, 3.8) is 0 Å². The standard InChI is InChI=1S/C28H24N2O7S/c1-34-16-10-8-15(9-11-16)24(31)22-23(18-6-5-7-20(36-3)26(18)37-4)30(27(33)25(22)32)28-29-19-13-12-17(35-2)14-21(19)38-28/h5-14,23,31H,1-4H3/t23-/m0/s1. The summed E-state index contributed by atoms with van der Waals surface area (Å²) in [4.78, 5) is 33.0. The van der Waals surface area contributed by atoms with Gasteiger partial charge in [0.1, 0.15) is 23.3 Å². The number of aliphatic hydroxyl groups excluding tert-OH is 1. The molecule has 1 fully saturated rings. The van der Waals surface area contributed by atoms with Crippen molar-refractivity contribution in [2.75, 3.05) is 33.3 Å². The van der Waals surface area contributed by atoms with E-state index in [2.05, 4.69) is 4.98 Å². The Hall–Kier alpha value is -4.57. The van der Waals surface area contributed by atoms with Crippen LogP contribution in [0.15, 0.2) is 66.2 Å². The summed E-state index contributed by atoms with van der Waals surface area (Å²) < 4.78 is 22.4. The first-order valence-corrected chi connectivity index (χ1v) is 12.3. The number of rotatable bonds is 7. The fraction of sp³-hybridized carbons (Fsp3) is 0.179. The second-order valence-electron chi connectivity index (χ2n) is 8.31. The molecule has 0 bridgehead atoms. The number of nitrogens with zero attached hydrogens (tertiary/aromatic N) is 2. The molecule has 0 saturated carbocycles. The lowest BCUT2D eigenvalue weighted by Gasteiger charge is -2.25. The van der Waals surface area contributed by atoms with Crippen molar-refractivity contribution in [1.29, 1.82) is 0 Å². The first kappa shape index (κ1) is 25.1. The number of aromatic nitrogens is 1. The Morgan fingerprint density at radius 3 is 2.26 bits per heavy atom. The number of Topliss-reactive ketones (excluding diaryl/α,β-unsaturated/α-hetero) is 1. The first-order valence-electron chi connectivity index (χ1n) is 11.5. The first-order chi connectivity index (χ1) is 18.4. The van der Waals surface area contributed by atoms with E-state index in [1.54, 1.807) is 61.7 Å². The number of fused-ring (bicyclic) bond motifs is 1. The third-order valence-corrected chi connectivity index (χ3v) is 7.34. The Labute approximate surface area is 222 Å². The van der Waals surface area contributed by atoms with Crippen LogP contribution in [0, 0.1) is 0 Å². The van der Waals surface area contributed by atoms with Gasteiger partial charge in [0, 0.05) is 11.1 Å². The van der Waals surface area contributed by atoms with Crippen LogP contribution in [0.1, 0.15) is 17.2 Å². The number of methoxy groups -OCH3 is 4. The number of amides is 1. The van der Waals surface area contributed by atoms with E-state index in [0.29, 0.717) is 44.8 Å². The largest absolute Gasteiger partial charge is 0.507 e. The number of carbonyl (C=O) groups is 2. The quantitative estimate of drug-likeness (QED) is 0.202. The van der Waals surface area contributed by atoms with Crippen molar-refractivity contribution in [1.82, 2.24) is 4.98 Å². The Balaban J connectivity index is 1.76. The Morgan fingerprint density at radius 2 is 1.61 bits per heavy atom. The number of anilines is 1. The second kappa shape index (κ2) is 10.1. The third-order valence-electron chi connectivity index (χ3n) is 6.33. The number of ketones is 1. The molecular formula is C28H24N2O7S. The van der Waals surface area contributed by atoms with Gasteiger partial charge < -0.3 is 24.1 Å². The molecule has 38 heavy (non-hydrogen) atoms.